The summed E-state index contributed by atoms with van der Waals surface area (Å²) in [6.45, 7) is 1.97. The van der Waals surface area contributed by atoms with E-state index >= 15 is 0 Å². The largest absolute Gasteiger partial charge is 0.463 e. The number of hydrogen-bond acceptors (Lipinski definition) is 5. The molecule has 102 valence electrons. The predicted molar refractivity (Wildman–Crippen MR) is 72.1 cm³/mol. The molecular weight excluding hydrogens is 258 g/mol. The molecule has 20 heavy (non-hydrogen) atoms. The summed E-state index contributed by atoms with van der Waals surface area (Å²) in [5, 5.41) is 2.64. The number of Topliss-reactive ketones (excluding diaryl/α,β-unsaturated/α-hetero) is 1. The molecule has 0 saturated carbocycles. The molecule has 0 unspecified atom stereocenters. The number of nitrogens with one attached hydrogen (secondary N) is 1. The van der Waals surface area contributed by atoms with Gasteiger partial charge in [0.25, 0.3) is 0 Å². The first kappa shape index (κ1) is 13.7. The van der Waals surface area contributed by atoms with E-state index in [4.69, 9.17) is 4.74 Å². The molecule has 0 amide bonds. The van der Waals surface area contributed by atoms with Crippen LogP contribution in [0.25, 0.3) is 0 Å². The van der Waals surface area contributed by atoms with Gasteiger partial charge >= 0.3 is 5.97 Å². The van der Waals surface area contributed by atoms with Crippen molar-refractivity contribution in [3.63, 3.8) is 0 Å². The molecule has 1 aliphatic rings. The third-order valence-electron chi connectivity index (χ3n) is 2.70. The molecule has 0 atom stereocenters. The molecule has 0 bridgehead atoms. The second-order valence-corrected chi connectivity index (χ2v) is 4.03. The Labute approximate surface area is 115 Å². The van der Waals surface area contributed by atoms with Gasteiger partial charge in [-0.2, -0.15) is 0 Å². The molecule has 0 saturated heterocycles. The minimum atomic E-state index is -0.518. The van der Waals surface area contributed by atoms with E-state index < -0.39 is 5.97 Å². The fraction of sp³-hybridized carbons (Fsp3) is 0.133. The van der Waals surface area contributed by atoms with Gasteiger partial charge in [0.05, 0.1) is 12.3 Å². The lowest BCUT2D eigenvalue weighted by atomic mass is 9.93. The van der Waals surface area contributed by atoms with E-state index in [1.807, 2.05) is 0 Å². The fourth-order valence-electron chi connectivity index (χ4n) is 1.81. The van der Waals surface area contributed by atoms with E-state index in [1.165, 1.54) is 12.3 Å². The fourth-order valence-corrected chi connectivity index (χ4v) is 1.81. The van der Waals surface area contributed by atoms with E-state index in [-0.39, 0.29) is 23.9 Å². The van der Waals surface area contributed by atoms with Crippen LogP contribution in [0.1, 0.15) is 27.6 Å². The zero-order valence-corrected chi connectivity index (χ0v) is 10.9. The van der Waals surface area contributed by atoms with Gasteiger partial charge < -0.3 is 10.1 Å². The number of carbonyl (C=O) groups excluding carboxylic acids is 3. The summed E-state index contributed by atoms with van der Waals surface area (Å²) >= 11 is 0. The minimum absolute atomic E-state index is 0.134. The molecule has 5 nitrogen and oxygen atoms in total. The first-order chi connectivity index (χ1) is 9.63. The number of fused-ring (bicyclic) bond motifs is 1. The van der Waals surface area contributed by atoms with Gasteiger partial charge in [0.2, 0.25) is 5.78 Å². The lowest BCUT2D eigenvalue weighted by molar-refractivity contribution is -0.137. The molecule has 1 aromatic carbocycles. The number of esters is 1. The Balaban J connectivity index is 2.13. The van der Waals surface area contributed by atoms with E-state index in [1.54, 1.807) is 31.2 Å². The second-order valence-electron chi connectivity index (χ2n) is 4.03. The van der Waals surface area contributed by atoms with Crippen LogP contribution >= 0.6 is 0 Å². The van der Waals surface area contributed by atoms with E-state index in [0.717, 1.165) is 6.08 Å². The summed E-state index contributed by atoms with van der Waals surface area (Å²) in [4.78, 5) is 35.1. The van der Waals surface area contributed by atoms with Crippen molar-refractivity contribution in [3.05, 3.63) is 59.4 Å². The summed E-state index contributed by atoms with van der Waals surface area (Å²) in [5.74, 6) is -1.04. The Bertz CT molecular complexity index is 629. The van der Waals surface area contributed by atoms with Gasteiger partial charge in [-0.15, -0.1) is 0 Å². The topological polar surface area (TPSA) is 72.5 Å². The molecule has 0 heterocycles. The van der Waals surface area contributed by atoms with Crippen molar-refractivity contribution in [3.8, 4) is 0 Å². The van der Waals surface area contributed by atoms with Crippen molar-refractivity contribution in [2.24, 2.45) is 0 Å². The maximum absolute atomic E-state index is 12.1. The number of ketones is 2. The number of hydrogen-bond donors (Lipinski definition) is 1. The van der Waals surface area contributed by atoms with E-state index in [2.05, 4.69) is 5.32 Å². The quantitative estimate of drug-likeness (QED) is 0.665. The zero-order valence-electron chi connectivity index (χ0n) is 10.9. The molecular formula is C15H13NO4. The lowest BCUT2D eigenvalue weighted by Gasteiger charge is -2.14. The molecule has 1 N–H and O–H groups in total. The third kappa shape index (κ3) is 2.83. The van der Waals surface area contributed by atoms with Crippen molar-refractivity contribution in [1.29, 1.82) is 0 Å². The summed E-state index contributed by atoms with van der Waals surface area (Å²) in [6, 6.07) is 6.61. The maximum atomic E-state index is 12.1. The normalized spacial score (nSPS) is 13.9. The molecule has 2 rings (SSSR count). The van der Waals surface area contributed by atoms with Gasteiger partial charge in [-0.05, 0) is 6.92 Å². The Morgan fingerprint density at radius 2 is 1.95 bits per heavy atom. The average Bonchev–Trinajstić information content (AvgIpc) is 2.44. The van der Waals surface area contributed by atoms with E-state index in [0.29, 0.717) is 11.1 Å². The molecule has 0 fully saturated rings. The molecule has 0 radical (unpaired) electrons. The number of ether oxygens (including phenoxy) is 1. The van der Waals surface area contributed by atoms with Gasteiger partial charge in [0, 0.05) is 29.5 Å². The first-order valence-corrected chi connectivity index (χ1v) is 6.13. The highest BCUT2D eigenvalue weighted by atomic mass is 16.5. The smallest absolute Gasteiger partial charge is 0.332 e. The first-order valence-electron chi connectivity index (χ1n) is 6.13. The van der Waals surface area contributed by atoms with Gasteiger partial charge in [0.15, 0.2) is 5.78 Å². The molecule has 0 aromatic heterocycles. The molecule has 0 aliphatic heterocycles. The summed E-state index contributed by atoms with van der Waals surface area (Å²) in [6.07, 6.45) is 3.66. The van der Waals surface area contributed by atoms with Crippen molar-refractivity contribution in [1.82, 2.24) is 5.32 Å². The summed E-state index contributed by atoms with van der Waals surface area (Å²) in [7, 11) is 0. The van der Waals surface area contributed by atoms with Crippen molar-refractivity contribution >= 4 is 17.5 Å². The van der Waals surface area contributed by atoms with Crippen LogP contribution < -0.4 is 5.32 Å². The lowest BCUT2D eigenvalue weighted by Crippen LogP contribution is -2.24. The zero-order chi connectivity index (χ0) is 14.5. The molecule has 1 aromatic rings. The molecule has 5 heteroatoms. The van der Waals surface area contributed by atoms with Crippen LogP contribution in [0.3, 0.4) is 0 Å². The van der Waals surface area contributed by atoms with Crippen LogP contribution in [-0.2, 0) is 9.53 Å². The van der Waals surface area contributed by atoms with E-state index in [9.17, 15) is 14.4 Å². The number of rotatable bonds is 4. The maximum Gasteiger partial charge on any atom is 0.332 e. The van der Waals surface area contributed by atoms with Gasteiger partial charge in [-0.1, -0.05) is 24.3 Å². The number of carbonyl (C=O) groups is 3. The van der Waals surface area contributed by atoms with Crippen LogP contribution in [0.15, 0.2) is 48.3 Å². The Morgan fingerprint density at radius 3 is 2.65 bits per heavy atom. The average molecular weight is 271 g/mol. The van der Waals surface area contributed by atoms with Crippen molar-refractivity contribution in [2.75, 3.05) is 6.61 Å². The standard InChI is InChI=1S/C15H13NO4/c1-2-20-14(18)7-8-16-12-9-13(17)10-5-3-4-6-11(10)15(12)19/h3-9,16H,2H2,1H3/b8-7+. The van der Waals surface area contributed by atoms with Crippen LogP contribution in [0.4, 0.5) is 0 Å². The Kier molecular flexibility index (Phi) is 4.10. The highest BCUT2D eigenvalue weighted by Crippen LogP contribution is 2.19. The van der Waals surface area contributed by atoms with Gasteiger partial charge in [-0.3, -0.25) is 9.59 Å². The summed E-state index contributed by atoms with van der Waals surface area (Å²) in [5.41, 5.74) is 0.874. The second kappa shape index (κ2) is 5.97. The summed E-state index contributed by atoms with van der Waals surface area (Å²) < 4.78 is 4.70. The van der Waals surface area contributed by atoms with Crippen molar-refractivity contribution < 1.29 is 19.1 Å². The van der Waals surface area contributed by atoms with Crippen LogP contribution in [0.5, 0.6) is 0 Å². The number of allylic oxidation sites excluding steroid dienone is 2. The molecule has 0 spiro atoms. The predicted octanol–water partition coefficient (Wildman–Crippen LogP) is 1.62. The highest BCUT2D eigenvalue weighted by molar-refractivity contribution is 6.24. The minimum Gasteiger partial charge on any atom is -0.463 e. The van der Waals surface area contributed by atoms with Gasteiger partial charge in [-0.25, -0.2) is 4.79 Å². The third-order valence-corrected chi connectivity index (χ3v) is 2.70. The Morgan fingerprint density at radius 1 is 1.25 bits per heavy atom. The van der Waals surface area contributed by atoms with Gasteiger partial charge in [0.1, 0.15) is 0 Å². The molecule has 1 aliphatic carbocycles. The van der Waals surface area contributed by atoms with Crippen LogP contribution in [0.2, 0.25) is 0 Å². The highest BCUT2D eigenvalue weighted by Gasteiger charge is 2.24. The van der Waals surface area contributed by atoms with Crippen molar-refractivity contribution in [2.45, 2.75) is 6.92 Å². The monoisotopic (exact) mass is 271 g/mol. The Hall–Kier alpha value is -2.69. The number of benzene rings is 1. The van der Waals surface area contributed by atoms with Crippen LogP contribution in [-0.4, -0.2) is 24.1 Å². The van der Waals surface area contributed by atoms with Crippen LogP contribution in [0, 0.1) is 0 Å². The SMILES string of the molecule is CCOC(=O)/C=C/NC1=CC(=O)c2ccccc2C1=O.